The van der Waals surface area contributed by atoms with Gasteiger partial charge >= 0.3 is 12.4 Å². The van der Waals surface area contributed by atoms with Crippen LogP contribution in [-0.4, -0.2) is 23.3 Å². The number of ether oxygens (including phenoxy) is 1. The van der Waals surface area contributed by atoms with Crippen molar-refractivity contribution in [3.63, 3.8) is 0 Å². The molecule has 0 radical (unpaired) electrons. The first-order valence-corrected chi connectivity index (χ1v) is 9.62. The molecule has 6 nitrogen and oxygen atoms in total. The van der Waals surface area contributed by atoms with Crippen LogP contribution in [0.25, 0.3) is 11.1 Å². The molecule has 1 heterocycles. The number of imide groups is 1. The second-order valence-corrected chi connectivity index (χ2v) is 7.15. The fourth-order valence-corrected chi connectivity index (χ4v) is 3.34. The zero-order valence-electron chi connectivity index (χ0n) is 16.9. The second-order valence-electron chi connectivity index (χ2n) is 6.75. The Morgan fingerprint density at radius 3 is 2.28 bits per heavy atom. The van der Waals surface area contributed by atoms with E-state index < -0.39 is 18.3 Å². The summed E-state index contributed by atoms with van der Waals surface area (Å²) in [6.07, 6.45) is -4.77. The molecule has 2 aromatic carbocycles. The molecule has 10 heteroatoms. The monoisotopic (exact) mass is 463 g/mol. The van der Waals surface area contributed by atoms with Gasteiger partial charge < -0.3 is 4.74 Å². The van der Waals surface area contributed by atoms with Crippen LogP contribution in [0.5, 0.6) is 5.75 Å². The molecule has 32 heavy (non-hydrogen) atoms. The molecule has 166 valence electrons. The number of carbonyl (C=O) groups is 2. The number of aryl methyl sites for hydroxylation is 2. The van der Waals surface area contributed by atoms with E-state index in [1.807, 2.05) is 0 Å². The molecule has 0 saturated heterocycles. The van der Waals surface area contributed by atoms with Gasteiger partial charge in [-0.25, -0.2) is 9.78 Å². The van der Waals surface area contributed by atoms with Gasteiger partial charge in [0.05, 0.1) is 10.6 Å². The van der Waals surface area contributed by atoms with Crippen molar-refractivity contribution in [2.45, 2.75) is 20.2 Å². The lowest BCUT2D eigenvalue weighted by atomic mass is 9.99. The van der Waals surface area contributed by atoms with Crippen molar-refractivity contribution in [1.82, 2.24) is 10.3 Å². The Balaban J connectivity index is 1.73. The summed E-state index contributed by atoms with van der Waals surface area (Å²) in [5, 5.41) is 4.87. The molecule has 3 aromatic rings. The summed E-state index contributed by atoms with van der Waals surface area (Å²) in [4.78, 5) is 28.7. The highest BCUT2D eigenvalue weighted by molar-refractivity contribution is 6.34. The molecule has 0 aliphatic carbocycles. The van der Waals surface area contributed by atoms with Gasteiger partial charge in [0, 0.05) is 11.3 Å². The number of anilines is 1. The standard InChI is InChI=1S/C22H17ClF3N3O3/c1-12-11-18(28-21(31)29-20(30)16-5-3-4-6-17(16)23)27-13(2)19(12)14-7-9-15(10-8-14)32-22(24,25)26/h3-11H,1-2H3,(H2,27,28,29,30,31). The SMILES string of the molecule is Cc1cc(NC(=O)NC(=O)c2ccccc2Cl)nc(C)c1-c1ccc(OC(F)(F)F)cc1. The van der Waals surface area contributed by atoms with E-state index in [4.69, 9.17) is 11.6 Å². The summed E-state index contributed by atoms with van der Waals surface area (Å²) < 4.78 is 40.9. The molecule has 2 N–H and O–H groups in total. The van der Waals surface area contributed by atoms with E-state index in [1.54, 1.807) is 32.0 Å². The summed E-state index contributed by atoms with van der Waals surface area (Å²) in [7, 11) is 0. The molecule has 0 unspecified atom stereocenters. The highest BCUT2D eigenvalue weighted by Crippen LogP contribution is 2.31. The topological polar surface area (TPSA) is 80.3 Å². The second kappa shape index (κ2) is 9.27. The van der Waals surface area contributed by atoms with Crippen LogP contribution in [0.4, 0.5) is 23.8 Å². The fourth-order valence-electron chi connectivity index (χ4n) is 3.12. The normalized spacial score (nSPS) is 11.1. The molecule has 0 spiro atoms. The summed E-state index contributed by atoms with van der Waals surface area (Å²) in [5.41, 5.74) is 2.73. The van der Waals surface area contributed by atoms with Gasteiger partial charge in [0.25, 0.3) is 5.91 Å². The van der Waals surface area contributed by atoms with Gasteiger partial charge in [-0.15, -0.1) is 13.2 Å². The summed E-state index contributed by atoms with van der Waals surface area (Å²) in [6.45, 7) is 3.46. The van der Waals surface area contributed by atoms with Gasteiger partial charge in [0.2, 0.25) is 0 Å². The van der Waals surface area contributed by atoms with Crippen LogP contribution in [0.3, 0.4) is 0 Å². The molecular weight excluding hydrogens is 447 g/mol. The Morgan fingerprint density at radius 2 is 1.69 bits per heavy atom. The molecule has 3 rings (SSSR count). The maximum Gasteiger partial charge on any atom is 0.573 e. The number of urea groups is 1. The van der Waals surface area contributed by atoms with E-state index >= 15 is 0 Å². The van der Waals surface area contributed by atoms with Crippen molar-refractivity contribution in [1.29, 1.82) is 0 Å². The molecule has 0 fully saturated rings. The number of carbonyl (C=O) groups excluding carboxylic acids is 2. The number of nitrogens with one attached hydrogen (secondary N) is 2. The number of hydrogen-bond donors (Lipinski definition) is 2. The molecule has 3 amide bonds. The molecule has 0 atom stereocenters. The first kappa shape index (κ1) is 23.1. The lowest BCUT2D eigenvalue weighted by Crippen LogP contribution is -2.34. The van der Waals surface area contributed by atoms with Gasteiger partial charge in [0.15, 0.2) is 0 Å². The minimum Gasteiger partial charge on any atom is -0.406 e. The van der Waals surface area contributed by atoms with Crippen LogP contribution < -0.4 is 15.4 Å². The number of alkyl halides is 3. The maximum absolute atomic E-state index is 12.3. The van der Waals surface area contributed by atoms with Crippen molar-refractivity contribution < 1.29 is 27.5 Å². The first-order valence-electron chi connectivity index (χ1n) is 9.25. The van der Waals surface area contributed by atoms with Crippen molar-refractivity contribution in [2.75, 3.05) is 5.32 Å². The third kappa shape index (κ3) is 5.76. The van der Waals surface area contributed by atoms with E-state index in [0.717, 1.165) is 5.56 Å². The van der Waals surface area contributed by atoms with Crippen LogP contribution in [0.1, 0.15) is 21.6 Å². The quantitative estimate of drug-likeness (QED) is 0.506. The number of halogens is 4. The lowest BCUT2D eigenvalue weighted by molar-refractivity contribution is -0.274. The number of pyridine rings is 1. The van der Waals surface area contributed by atoms with Crippen LogP contribution in [0.15, 0.2) is 54.6 Å². The Hall–Kier alpha value is -3.59. The Morgan fingerprint density at radius 1 is 1.03 bits per heavy atom. The predicted octanol–water partition coefficient (Wildman–Crippen LogP) is 5.88. The van der Waals surface area contributed by atoms with Crippen molar-refractivity contribution in [2.24, 2.45) is 0 Å². The minimum absolute atomic E-state index is 0.151. The van der Waals surface area contributed by atoms with E-state index in [0.29, 0.717) is 16.8 Å². The third-order valence-electron chi connectivity index (χ3n) is 4.36. The summed E-state index contributed by atoms with van der Waals surface area (Å²) in [5.74, 6) is -0.799. The molecule has 1 aromatic heterocycles. The smallest absolute Gasteiger partial charge is 0.406 e. The minimum atomic E-state index is -4.77. The molecule has 0 saturated carbocycles. The lowest BCUT2D eigenvalue weighted by Gasteiger charge is -2.14. The number of benzene rings is 2. The van der Waals surface area contributed by atoms with E-state index in [1.165, 1.54) is 36.4 Å². The average molecular weight is 464 g/mol. The van der Waals surface area contributed by atoms with E-state index in [9.17, 15) is 22.8 Å². The highest BCUT2D eigenvalue weighted by Gasteiger charge is 2.31. The largest absolute Gasteiger partial charge is 0.573 e. The number of rotatable bonds is 4. The zero-order chi connectivity index (χ0) is 23.5. The fraction of sp³-hybridized carbons (Fsp3) is 0.136. The van der Waals surface area contributed by atoms with Crippen LogP contribution in [0, 0.1) is 13.8 Å². The Labute approximate surface area is 186 Å². The molecule has 0 aliphatic rings. The van der Waals surface area contributed by atoms with Crippen molar-refractivity contribution in [3.8, 4) is 16.9 Å². The number of hydrogen-bond acceptors (Lipinski definition) is 4. The Bertz CT molecular complexity index is 1140. The van der Waals surface area contributed by atoms with E-state index in [-0.39, 0.29) is 22.2 Å². The van der Waals surface area contributed by atoms with Crippen LogP contribution in [0.2, 0.25) is 5.02 Å². The average Bonchev–Trinajstić information content (AvgIpc) is 2.67. The molecule has 0 bridgehead atoms. The first-order chi connectivity index (χ1) is 15.0. The number of amides is 3. The zero-order valence-corrected chi connectivity index (χ0v) is 17.6. The maximum atomic E-state index is 12.3. The number of aromatic nitrogens is 1. The van der Waals surface area contributed by atoms with Crippen LogP contribution >= 0.6 is 11.6 Å². The molecular formula is C22H17ClF3N3O3. The van der Waals surface area contributed by atoms with Crippen molar-refractivity contribution in [3.05, 3.63) is 76.4 Å². The van der Waals surface area contributed by atoms with Gasteiger partial charge in [-0.05, 0) is 55.3 Å². The third-order valence-corrected chi connectivity index (χ3v) is 4.69. The highest BCUT2D eigenvalue weighted by atomic mass is 35.5. The number of nitrogens with zero attached hydrogens (tertiary/aromatic N) is 1. The summed E-state index contributed by atoms with van der Waals surface area (Å²) in [6, 6.07) is 12.5. The van der Waals surface area contributed by atoms with Crippen molar-refractivity contribution >= 4 is 29.4 Å². The van der Waals surface area contributed by atoms with Gasteiger partial charge in [-0.3, -0.25) is 15.4 Å². The van der Waals surface area contributed by atoms with Crippen LogP contribution in [-0.2, 0) is 0 Å². The van der Waals surface area contributed by atoms with Gasteiger partial charge in [-0.1, -0.05) is 35.9 Å². The predicted molar refractivity (Wildman–Crippen MR) is 114 cm³/mol. The summed E-state index contributed by atoms with van der Waals surface area (Å²) >= 11 is 5.95. The van der Waals surface area contributed by atoms with Gasteiger partial charge in [0.1, 0.15) is 11.6 Å². The van der Waals surface area contributed by atoms with E-state index in [2.05, 4.69) is 20.4 Å². The van der Waals surface area contributed by atoms with Gasteiger partial charge in [-0.2, -0.15) is 0 Å². The Kier molecular flexibility index (Phi) is 6.69. The molecule has 0 aliphatic heterocycles.